The third-order valence-electron chi connectivity index (χ3n) is 4.00. The Hall–Kier alpha value is -1.31. The Morgan fingerprint density at radius 3 is 2.15 bits per heavy atom. The van der Waals surface area contributed by atoms with Crippen molar-refractivity contribution in [3.8, 4) is 0 Å². The SMILES string of the molecule is CCc1ccc(CC(C)(CN)c2ccccc2Cl)cc1. The standard InChI is InChI=1S/C18H22ClN/c1-3-14-8-10-15(11-9-14)12-18(2,13-20)16-6-4-5-7-17(16)19/h4-11H,3,12-13,20H2,1-2H3. The molecule has 2 heteroatoms. The third kappa shape index (κ3) is 3.23. The van der Waals surface area contributed by atoms with Crippen LogP contribution < -0.4 is 5.73 Å². The van der Waals surface area contributed by atoms with Crippen LogP contribution in [-0.4, -0.2) is 6.54 Å². The summed E-state index contributed by atoms with van der Waals surface area (Å²) in [6.07, 6.45) is 1.97. The van der Waals surface area contributed by atoms with Gasteiger partial charge in [0.2, 0.25) is 0 Å². The predicted octanol–water partition coefficient (Wildman–Crippen LogP) is 4.36. The fourth-order valence-electron chi connectivity index (χ4n) is 2.57. The smallest absolute Gasteiger partial charge is 0.0444 e. The van der Waals surface area contributed by atoms with E-state index < -0.39 is 0 Å². The van der Waals surface area contributed by atoms with E-state index in [-0.39, 0.29) is 5.41 Å². The van der Waals surface area contributed by atoms with Crippen molar-refractivity contribution in [2.45, 2.75) is 32.1 Å². The lowest BCUT2D eigenvalue weighted by Crippen LogP contribution is -2.34. The van der Waals surface area contributed by atoms with Crippen LogP contribution in [0.1, 0.15) is 30.5 Å². The second-order valence-corrected chi connectivity index (χ2v) is 6.00. The zero-order valence-corrected chi connectivity index (χ0v) is 13.0. The highest BCUT2D eigenvalue weighted by Crippen LogP contribution is 2.32. The van der Waals surface area contributed by atoms with Crippen LogP contribution in [0.2, 0.25) is 5.02 Å². The zero-order valence-electron chi connectivity index (χ0n) is 12.2. The molecular formula is C18H22ClN. The lowest BCUT2D eigenvalue weighted by Gasteiger charge is -2.30. The van der Waals surface area contributed by atoms with Gasteiger partial charge in [0.05, 0.1) is 0 Å². The van der Waals surface area contributed by atoms with Crippen LogP contribution in [-0.2, 0) is 18.3 Å². The van der Waals surface area contributed by atoms with Crippen LogP contribution in [0.5, 0.6) is 0 Å². The van der Waals surface area contributed by atoms with Crippen LogP contribution in [0.15, 0.2) is 48.5 Å². The Labute approximate surface area is 126 Å². The Morgan fingerprint density at radius 2 is 1.60 bits per heavy atom. The van der Waals surface area contributed by atoms with Crippen molar-refractivity contribution in [3.63, 3.8) is 0 Å². The molecule has 1 atom stereocenters. The molecule has 0 heterocycles. The van der Waals surface area contributed by atoms with Gasteiger partial charge in [-0.15, -0.1) is 0 Å². The van der Waals surface area contributed by atoms with Crippen LogP contribution in [0.25, 0.3) is 0 Å². The summed E-state index contributed by atoms with van der Waals surface area (Å²) in [5.74, 6) is 0. The predicted molar refractivity (Wildman–Crippen MR) is 87.4 cm³/mol. The van der Waals surface area contributed by atoms with E-state index >= 15 is 0 Å². The molecule has 0 radical (unpaired) electrons. The molecule has 0 spiro atoms. The van der Waals surface area contributed by atoms with E-state index in [1.165, 1.54) is 11.1 Å². The van der Waals surface area contributed by atoms with Gasteiger partial charge in [-0.05, 0) is 35.6 Å². The number of hydrogen-bond donors (Lipinski definition) is 1. The highest BCUT2D eigenvalue weighted by atomic mass is 35.5. The quantitative estimate of drug-likeness (QED) is 0.869. The number of halogens is 1. The summed E-state index contributed by atoms with van der Waals surface area (Å²) in [6, 6.07) is 16.8. The molecule has 0 aliphatic rings. The van der Waals surface area contributed by atoms with Crippen LogP contribution in [0.3, 0.4) is 0 Å². The van der Waals surface area contributed by atoms with E-state index in [1.54, 1.807) is 0 Å². The molecule has 0 fully saturated rings. The summed E-state index contributed by atoms with van der Waals surface area (Å²) in [5, 5.41) is 0.797. The van der Waals surface area contributed by atoms with Gasteiger partial charge in [0.25, 0.3) is 0 Å². The van der Waals surface area contributed by atoms with E-state index in [9.17, 15) is 0 Å². The summed E-state index contributed by atoms with van der Waals surface area (Å²) in [4.78, 5) is 0. The van der Waals surface area contributed by atoms with E-state index in [2.05, 4.69) is 44.2 Å². The lowest BCUT2D eigenvalue weighted by atomic mass is 9.77. The van der Waals surface area contributed by atoms with Crippen LogP contribution >= 0.6 is 11.6 Å². The van der Waals surface area contributed by atoms with Crippen LogP contribution in [0.4, 0.5) is 0 Å². The van der Waals surface area contributed by atoms with Gasteiger partial charge in [0.15, 0.2) is 0 Å². The van der Waals surface area contributed by atoms with Crippen molar-refractivity contribution in [2.24, 2.45) is 5.73 Å². The number of benzene rings is 2. The Balaban J connectivity index is 2.29. The van der Waals surface area contributed by atoms with Crippen molar-refractivity contribution in [2.75, 3.05) is 6.54 Å². The topological polar surface area (TPSA) is 26.0 Å². The van der Waals surface area contributed by atoms with E-state index in [0.717, 1.165) is 23.4 Å². The first-order valence-electron chi connectivity index (χ1n) is 7.12. The molecule has 0 saturated carbocycles. The van der Waals surface area contributed by atoms with Crippen molar-refractivity contribution in [1.29, 1.82) is 0 Å². The first-order valence-corrected chi connectivity index (χ1v) is 7.50. The van der Waals surface area contributed by atoms with Gasteiger partial charge in [-0.3, -0.25) is 0 Å². The summed E-state index contributed by atoms with van der Waals surface area (Å²) in [5.41, 5.74) is 9.71. The average molecular weight is 288 g/mol. The molecule has 0 bridgehead atoms. The number of rotatable bonds is 5. The Kier molecular flexibility index (Phi) is 4.85. The monoisotopic (exact) mass is 287 g/mol. The molecule has 2 N–H and O–H groups in total. The fraction of sp³-hybridized carbons (Fsp3) is 0.333. The summed E-state index contributed by atoms with van der Waals surface area (Å²) in [7, 11) is 0. The number of hydrogen-bond acceptors (Lipinski definition) is 1. The molecule has 2 aromatic carbocycles. The summed E-state index contributed by atoms with van der Waals surface area (Å²) in [6.45, 7) is 4.93. The first-order chi connectivity index (χ1) is 9.59. The van der Waals surface area contributed by atoms with Crippen LogP contribution in [0, 0.1) is 0 Å². The van der Waals surface area contributed by atoms with Crippen molar-refractivity contribution in [1.82, 2.24) is 0 Å². The first kappa shape index (κ1) is 15.1. The maximum atomic E-state index is 6.35. The molecule has 0 aliphatic carbocycles. The Morgan fingerprint density at radius 1 is 1.00 bits per heavy atom. The van der Waals surface area contributed by atoms with E-state index in [4.69, 9.17) is 17.3 Å². The number of nitrogens with two attached hydrogens (primary N) is 1. The van der Waals surface area contributed by atoms with Crippen molar-refractivity contribution in [3.05, 3.63) is 70.2 Å². The molecule has 2 rings (SSSR count). The molecular weight excluding hydrogens is 266 g/mol. The Bertz CT molecular complexity index is 562. The average Bonchev–Trinajstić information content (AvgIpc) is 2.48. The normalized spacial score (nSPS) is 14.0. The van der Waals surface area contributed by atoms with Gasteiger partial charge in [-0.1, -0.05) is 67.9 Å². The van der Waals surface area contributed by atoms with Gasteiger partial charge >= 0.3 is 0 Å². The van der Waals surface area contributed by atoms with Gasteiger partial charge in [-0.25, -0.2) is 0 Å². The van der Waals surface area contributed by atoms with Crippen molar-refractivity contribution < 1.29 is 0 Å². The second kappa shape index (κ2) is 6.43. The van der Waals surface area contributed by atoms with E-state index in [1.807, 2.05) is 18.2 Å². The van der Waals surface area contributed by atoms with Gasteiger partial charge < -0.3 is 5.73 Å². The fourth-order valence-corrected chi connectivity index (χ4v) is 2.94. The molecule has 0 aromatic heterocycles. The second-order valence-electron chi connectivity index (χ2n) is 5.59. The third-order valence-corrected chi connectivity index (χ3v) is 4.33. The summed E-state index contributed by atoms with van der Waals surface area (Å²) < 4.78 is 0. The zero-order chi connectivity index (χ0) is 14.6. The van der Waals surface area contributed by atoms with Gasteiger partial charge in [0.1, 0.15) is 0 Å². The minimum Gasteiger partial charge on any atom is -0.330 e. The minimum absolute atomic E-state index is 0.133. The molecule has 0 saturated heterocycles. The maximum absolute atomic E-state index is 6.35. The molecule has 1 unspecified atom stereocenters. The molecule has 106 valence electrons. The molecule has 1 nitrogen and oxygen atoms in total. The summed E-state index contributed by atoms with van der Waals surface area (Å²) >= 11 is 6.35. The number of aryl methyl sites for hydroxylation is 1. The highest BCUT2D eigenvalue weighted by Gasteiger charge is 2.27. The molecule has 0 amide bonds. The largest absolute Gasteiger partial charge is 0.330 e. The maximum Gasteiger partial charge on any atom is 0.0444 e. The van der Waals surface area contributed by atoms with Gasteiger partial charge in [-0.2, -0.15) is 0 Å². The molecule has 2 aromatic rings. The van der Waals surface area contributed by atoms with Gasteiger partial charge in [0, 0.05) is 17.0 Å². The molecule has 20 heavy (non-hydrogen) atoms. The van der Waals surface area contributed by atoms with Crippen molar-refractivity contribution >= 4 is 11.6 Å². The molecule has 0 aliphatic heterocycles. The highest BCUT2D eigenvalue weighted by molar-refractivity contribution is 6.31. The van der Waals surface area contributed by atoms with E-state index in [0.29, 0.717) is 6.54 Å². The minimum atomic E-state index is -0.133. The lowest BCUT2D eigenvalue weighted by molar-refractivity contribution is 0.481.